The normalized spacial score (nSPS) is 16.9. The summed E-state index contributed by atoms with van der Waals surface area (Å²) in [6.45, 7) is 2.97. The average Bonchev–Trinajstić information content (AvgIpc) is 3.12. The zero-order valence-electron chi connectivity index (χ0n) is 13.7. The predicted octanol–water partition coefficient (Wildman–Crippen LogP) is 0.701. The topological polar surface area (TPSA) is 104 Å². The summed E-state index contributed by atoms with van der Waals surface area (Å²) in [6, 6.07) is 9.28. The van der Waals surface area contributed by atoms with Crippen LogP contribution in [-0.2, 0) is 4.79 Å². The molecule has 0 radical (unpaired) electrons. The number of carbonyl (C=O) groups excluding carboxylic acids is 1. The molecule has 1 saturated heterocycles. The van der Waals surface area contributed by atoms with Gasteiger partial charge in [-0.1, -0.05) is 30.3 Å². The molecule has 3 aromatic rings. The molecule has 25 heavy (non-hydrogen) atoms. The summed E-state index contributed by atoms with van der Waals surface area (Å²) in [4.78, 5) is 24.9. The van der Waals surface area contributed by atoms with Crippen molar-refractivity contribution < 1.29 is 4.79 Å². The fourth-order valence-corrected chi connectivity index (χ4v) is 3.39. The Morgan fingerprint density at radius 2 is 1.88 bits per heavy atom. The number of rotatable bonds is 4. The summed E-state index contributed by atoms with van der Waals surface area (Å²) in [5.41, 5.74) is 7.34. The van der Waals surface area contributed by atoms with E-state index < -0.39 is 6.04 Å². The van der Waals surface area contributed by atoms with Gasteiger partial charge in [-0.25, -0.2) is 9.97 Å². The summed E-state index contributed by atoms with van der Waals surface area (Å²) in [6.07, 6.45) is 3.28. The van der Waals surface area contributed by atoms with Gasteiger partial charge in [-0.15, -0.1) is 0 Å². The molecule has 4 rings (SSSR count). The number of nitrogens with two attached hydrogens (primary N) is 1. The number of hydrogen-bond acceptors (Lipinski definition) is 6. The highest BCUT2D eigenvalue weighted by Crippen LogP contribution is 2.26. The monoisotopic (exact) mass is 337 g/mol. The second-order valence-electron chi connectivity index (χ2n) is 6.07. The number of anilines is 1. The van der Waals surface area contributed by atoms with E-state index in [0.717, 1.165) is 48.6 Å². The van der Waals surface area contributed by atoms with Gasteiger partial charge < -0.3 is 10.6 Å². The van der Waals surface area contributed by atoms with E-state index in [-0.39, 0.29) is 5.91 Å². The number of primary amides is 1. The molecule has 0 bridgehead atoms. The van der Waals surface area contributed by atoms with Crippen LogP contribution < -0.4 is 10.6 Å². The number of aromatic nitrogens is 4. The van der Waals surface area contributed by atoms with Crippen molar-refractivity contribution in [2.24, 2.45) is 5.73 Å². The maximum Gasteiger partial charge on any atom is 0.239 e. The van der Waals surface area contributed by atoms with Crippen molar-refractivity contribution in [3.63, 3.8) is 0 Å². The molecular weight excluding hydrogens is 318 g/mol. The van der Waals surface area contributed by atoms with Crippen LogP contribution in [0.3, 0.4) is 0 Å². The summed E-state index contributed by atoms with van der Waals surface area (Å²) < 4.78 is 0. The van der Waals surface area contributed by atoms with Crippen LogP contribution in [0.1, 0.15) is 11.6 Å². The highest BCUT2D eigenvalue weighted by molar-refractivity contribution is 5.86. The maximum atomic E-state index is 12.0. The summed E-state index contributed by atoms with van der Waals surface area (Å²) >= 11 is 0. The van der Waals surface area contributed by atoms with Crippen LogP contribution in [0.5, 0.6) is 0 Å². The van der Waals surface area contributed by atoms with Gasteiger partial charge in [0, 0.05) is 26.2 Å². The Labute approximate surface area is 144 Å². The third-order valence-corrected chi connectivity index (χ3v) is 4.59. The Bertz CT molecular complexity index is 871. The molecule has 1 aromatic carbocycles. The zero-order chi connectivity index (χ0) is 17.2. The fourth-order valence-electron chi connectivity index (χ4n) is 3.39. The molecule has 0 saturated carbocycles. The molecule has 1 aliphatic heterocycles. The Morgan fingerprint density at radius 3 is 2.60 bits per heavy atom. The third kappa shape index (κ3) is 2.91. The largest absolute Gasteiger partial charge is 0.368 e. The fraction of sp³-hybridized carbons (Fsp3) is 0.294. The van der Waals surface area contributed by atoms with Crippen molar-refractivity contribution in [3.8, 4) is 0 Å². The Kier molecular flexibility index (Phi) is 4.02. The number of H-pyrrole nitrogens is 1. The first kappa shape index (κ1) is 15.5. The van der Waals surface area contributed by atoms with Gasteiger partial charge in [0.2, 0.25) is 5.91 Å². The van der Waals surface area contributed by atoms with Gasteiger partial charge in [0.1, 0.15) is 18.2 Å². The first-order valence-electron chi connectivity index (χ1n) is 8.21. The lowest BCUT2D eigenvalue weighted by atomic mass is 10.0. The van der Waals surface area contributed by atoms with E-state index in [2.05, 4.69) is 30.0 Å². The van der Waals surface area contributed by atoms with Crippen molar-refractivity contribution >= 4 is 22.8 Å². The number of hydrogen-bond donors (Lipinski definition) is 2. The quantitative estimate of drug-likeness (QED) is 0.726. The van der Waals surface area contributed by atoms with Gasteiger partial charge in [0.25, 0.3) is 0 Å². The molecule has 3 heterocycles. The van der Waals surface area contributed by atoms with Gasteiger partial charge in [0.05, 0.1) is 11.6 Å². The first-order chi connectivity index (χ1) is 12.2. The minimum atomic E-state index is -0.400. The van der Waals surface area contributed by atoms with Crippen LogP contribution in [0.15, 0.2) is 42.9 Å². The van der Waals surface area contributed by atoms with Gasteiger partial charge in [-0.05, 0) is 5.56 Å². The average molecular weight is 337 g/mol. The summed E-state index contributed by atoms with van der Waals surface area (Å²) in [5, 5.41) is 7.81. The van der Waals surface area contributed by atoms with E-state index in [1.807, 2.05) is 30.3 Å². The van der Waals surface area contributed by atoms with Gasteiger partial charge in [-0.2, -0.15) is 5.10 Å². The van der Waals surface area contributed by atoms with Crippen molar-refractivity contribution in [1.82, 2.24) is 25.1 Å². The summed E-state index contributed by atoms with van der Waals surface area (Å²) in [7, 11) is 0. The lowest BCUT2D eigenvalue weighted by Crippen LogP contribution is -2.50. The van der Waals surface area contributed by atoms with Crippen LogP contribution in [0, 0.1) is 0 Å². The van der Waals surface area contributed by atoms with E-state index in [4.69, 9.17) is 5.73 Å². The SMILES string of the molecule is NC(=O)[C@H](c1ccccc1)N1CCN(c2ncnc3[nH]ncc23)CC1. The zero-order valence-corrected chi connectivity index (χ0v) is 13.7. The highest BCUT2D eigenvalue weighted by atomic mass is 16.1. The number of aromatic amines is 1. The molecule has 1 fully saturated rings. The number of amides is 1. The number of piperazine rings is 1. The first-order valence-corrected chi connectivity index (χ1v) is 8.21. The second kappa shape index (κ2) is 6.48. The van der Waals surface area contributed by atoms with Crippen LogP contribution in [-0.4, -0.2) is 57.2 Å². The Hall–Kier alpha value is -3.00. The van der Waals surface area contributed by atoms with E-state index in [1.54, 1.807) is 12.5 Å². The standard InChI is InChI=1S/C17H19N7O/c18-15(25)14(12-4-2-1-3-5-12)23-6-8-24(9-7-23)17-13-10-21-22-16(13)19-11-20-17/h1-5,10-11,14H,6-9H2,(H2,18,25)(H,19,20,21,22)/t14-/m0/s1. The van der Waals surface area contributed by atoms with E-state index >= 15 is 0 Å². The minimum Gasteiger partial charge on any atom is -0.368 e. The van der Waals surface area contributed by atoms with Crippen LogP contribution in [0.25, 0.3) is 11.0 Å². The molecule has 128 valence electrons. The highest BCUT2D eigenvalue weighted by Gasteiger charge is 2.29. The number of carbonyl (C=O) groups is 1. The lowest BCUT2D eigenvalue weighted by molar-refractivity contribution is -0.123. The lowest BCUT2D eigenvalue weighted by Gasteiger charge is -2.38. The number of nitrogens with zero attached hydrogens (tertiary/aromatic N) is 5. The van der Waals surface area contributed by atoms with Crippen LogP contribution in [0.4, 0.5) is 5.82 Å². The van der Waals surface area contributed by atoms with Crippen molar-refractivity contribution in [3.05, 3.63) is 48.4 Å². The van der Waals surface area contributed by atoms with Crippen LogP contribution >= 0.6 is 0 Å². The smallest absolute Gasteiger partial charge is 0.239 e. The molecule has 1 amide bonds. The maximum absolute atomic E-state index is 12.0. The second-order valence-corrected chi connectivity index (χ2v) is 6.07. The van der Waals surface area contributed by atoms with Gasteiger partial charge in [-0.3, -0.25) is 14.8 Å². The van der Waals surface area contributed by atoms with E-state index in [0.29, 0.717) is 0 Å². The Balaban J connectivity index is 1.53. The molecular formula is C17H19N7O. The summed E-state index contributed by atoms with van der Waals surface area (Å²) in [5.74, 6) is 0.549. The Morgan fingerprint density at radius 1 is 1.12 bits per heavy atom. The predicted molar refractivity (Wildman–Crippen MR) is 93.8 cm³/mol. The number of benzene rings is 1. The molecule has 0 aliphatic carbocycles. The van der Waals surface area contributed by atoms with Crippen LogP contribution in [0.2, 0.25) is 0 Å². The molecule has 2 aromatic heterocycles. The van der Waals surface area contributed by atoms with Crippen molar-refractivity contribution in [2.75, 3.05) is 31.1 Å². The molecule has 8 nitrogen and oxygen atoms in total. The molecule has 0 unspecified atom stereocenters. The number of fused-ring (bicyclic) bond motifs is 1. The van der Waals surface area contributed by atoms with E-state index in [9.17, 15) is 4.79 Å². The minimum absolute atomic E-state index is 0.320. The molecule has 3 N–H and O–H groups in total. The van der Waals surface area contributed by atoms with Gasteiger partial charge >= 0.3 is 0 Å². The third-order valence-electron chi connectivity index (χ3n) is 4.59. The molecule has 1 atom stereocenters. The van der Waals surface area contributed by atoms with Gasteiger partial charge in [0.15, 0.2) is 5.65 Å². The number of nitrogens with one attached hydrogen (secondary N) is 1. The molecule has 8 heteroatoms. The molecule has 0 spiro atoms. The van der Waals surface area contributed by atoms with Crippen molar-refractivity contribution in [2.45, 2.75) is 6.04 Å². The van der Waals surface area contributed by atoms with E-state index in [1.165, 1.54) is 0 Å². The van der Waals surface area contributed by atoms with Crippen molar-refractivity contribution in [1.29, 1.82) is 0 Å². The molecule has 1 aliphatic rings.